The third-order valence-corrected chi connectivity index (χ3v) is 3.74. The smallest absolute Gasteiger partial charge is 0.418 e. The lowest BCUT2D eigenvalue weighted by Gasteiger charge is -2.33. The molecule has 0 fully saturated rings. The third kappa shape index (κ3) is 4.97. The molecular formula is C16H26F3NO. The van der Waals surface area contributed by atoms with E-state index in [0.717, 1.165) is 25.7 Å². The first-order valence-corrected chi connectivity index (χ1v) is 7.70. The Morgan fingerprint density at radius 2 is 1.57 bits per heavy atom. The van der Waals surface area contributed by atoms with Crippen molar-refractivity contribution in [1.82, 2.24) is 4.90 Å². The van der Waals surface area contributed by atoms with Crippen LogP contribution < -0.4 is 0 Å². The van der Waals surface area contributed by atoms with Crippen LogP contribution in [-0.2, 0) is 4.74 Å². The Hall–Kier alpha value is -1.13. The van der Waals surface area contributed by atoms with E-state index in [1.165, 1.54) is 0 Å². The molecule has 0 amide bonds. The van der Waals surface area contributed by atoms with E-state index in [1.54, 1.807) is 18.7 Å². The highest BCUT2D eigenvalue weighted by atomic mass is 19.4. The molecule has 2 nitrogen and oxygen atoms in total. The van der Waals surface area contributed by atoms with Crippen molar-refractivity contribution in [2.75, 3.05) is 13.1 Å². The first-order chi connectivity index (χ1) is 9.81. The van der Waals surface area contributed by atoms with E-state index >= 15 is 0 Å². The molecule has 0 aromatic rings. The summed E-state index contributed by atoms with van der Waals surface area (Å²) in [6.07, 6.45) is -0.781. The molecule has 5 heteroatoms. The van der Waals surface area contributed by atoms with Gasteiger partial charge in [0.25, 0.3) is 0 Å². The minimum absolute atomic E-state index is 0.0208. The zero-order valence-electron chi connectivity index (χ0n) is 13.4. The molecule has 0 radical (unpaired) electrons. The van der Waals surface area contributed by atoms with Crippen LogP contribution in [0.25, 0.3) is 0 Å². The molecule has 0 aromatic heterocycles. The summed E-state index contributed by atoms with van der Waals surface area (Å²) in [5, 5.41) is 0. The Labute approximate surface area is 125 Å². The molecule has 1 aliphatic heterocycles. The molecule has 0 saturated carbocycles. The van der Waals surface area contributed by atoms with Gasteiger partial charge in [-0.2, -0.15) is 13.2 Å². The Balaban J connectivity index is 3.08. The fourth-order valence-electron chi connectivity index (χ4n) is 2.25. The highest BCUT2D eigenvalue weighted by molar-refractivity contribution is 5.27. The maximum Gasteiger partial charge on any atom is 0.418 e. The number of allylic oxidation sites excluding steroid dienone is 3. The van der Waals surface area contributed by atoms with Gasteiger partial charge in [-0.15, -0.1) is 0 Å². The number of halogens is 3. The SMILES string of the molecule is CCCCN(CCCC)C1=C(C(F)(F)F)CC(C)=C(C)O1. The number of hydrogen-bond donors (Lipinski definition) is 0. The van der Waals surface area contributed by atoms with Crippen molar-refractivity contribution in [2.45, 2.75) is 66.0 Å². The largest absolute Gasteiger partial charge is 0.446 e. The van der Waals surface area contributed by atoms with Gasteiger partial charge in [0.1, 0.15) is 5.76 Å². The van der Waals surface area contributed by atoms with E-state index < -0.39 is 11.7 Å². The van der Waals surface area contributed by atoms with Crippen LogP contribution in [0.1, 0.15) is 59.8 Å². The fourth-order valence-corrected chi connectivity index (χ4v) is 2.25. The minimum Gasteiger partial charge on any atom is -0.446 e. The van der Waals surface area contributed by atoms with Gasteiger partial charge in [-0.1, -0.05) is 26.7 Å². The van der Waals surface area contributed by atoms with Gasteiger partial charge in [-0.05, 0) is 32.3 Å². The average molecular weight is 305 g/mol. The van der Waals surface area contributed by atoms with Crippen LogP contribution >= 0.6 is 0 Å². The number of nitrogens with zero attached hydrogens (tertiary/aromatic N) is 1. The van der Waals surface area contributed by atoms with Crippen molar-refractivity contribution in [1.29, 1.82) is 0 Å². The minimum atomic E-state index is -4.34. The van der Waals surface area contributed by atoms with Crippen LogP contribution in [0.4, 0.5) is 13.2 Å². The Morgan fingerprint density at radius 3 is 2.00 bits per heavy atom. The Kier molecular flexibility index (Phi) is 6.62. The zero-order chi connectivity index (χ0) is 16.0. The average Bonchev–Trinajstić information content (AvgIpc) is 2.40. The molecule has 0 spiro atoms. The first-order valence-electron chi connectivity index (χ1n) is 7.70. The standard InChI is InChI=1S/C16H26F3NO/c1-5-7-9-20(10-8-6-2)15-14(16(17,18)19)11-12(3)13(4)21-15/h5-11H2,1-4H3. The molecule has 0 bridgehead atoms. The summed E-state index contributed by atoms with van der Waals surface area (Å²) in [6, 6.07) is 0. The molecule has 0 unspecified atom stereocenters. The highest BCUT2D eigenvalue weighted by Gasteiger charge is 2.41. The number of unbranched alkanes of at least 4 members (excludes halogenated alkanes) is 2. The van der Waals surface area contributed by atoms with Crippen LogP contribution in [0.2, 0.25) is 0 Å². The summed E-state index contributed by atoms with van der Waals surface area (Å²) in [4.78, 5) is 1.77. The fraction of sp³-hybridized carbons (Fsp3) is 0.750. The second-order valence-corrected chi connectivity index (χ2v) is 5.59. The lowest BCUT2D eigenvalue weighted by atomic mass is 10.0. The first kappa shape index (κ1) is 17.9. The topological polar surface area (TPSA) is 12.5 Å². The lowest BCUT2D eigenvalue weighted by Crippen LogP contribution is -2.32. The molecule has 1 aliphatic rings. The molecule has 0 saturated heterocycles. The van der Waals surface area contributed by atoms with E-state index in [9.17, 15) is 13.2 Å². The van der Waals surface area contributed by atoms with Gasteiger partial charge in [0.2, 0.25) is 5.88 Å². The van der Waals surface area contributed by atoms with E-state index in [1.807, 2.05) is 13.8 Å². The summed E-state index contributed by atoms with van der Waals surface area (Å²) in [7, 11) is 0. The quantitative estimate of drug-likeness (QED) is 0.626. The predicted molar refractivity (Wildman–Crippen MR) is 78.5 cm³/mol. The second-order valence-electron chi connectivity index (χ2n) is 5.59. The molecular weight excluding hydrogens is 279 g/mol. The van der Waals surface area contributed by atoms with Crippen molar-refractivity contribution in [3.8, 4) is 0 Å². The van der Waals surface area contributed by atoms with E-state index in [0.29, 0.717) is 24.4 Å². The molecule has 0 atom stereocenters. The molecule has 0 aromatic carbocycles. The summed E-state index contributed by atoms with van der Waals surface area (Å²) in [5.41, 5.74) is 0.106. The van der Waals surface area contributed by atoms with Gasteiger partial charge in [-0.3, -0.25) is 0 Å². The van der Waals surface area contributed by atoms with Gasteiger partial charge >= 0.3 is 6.18 Å². The van der Waals surface area contributed by atoms with Crippen molar-refractivity contribution in [3.05, 3.63) is 22.8 Å². The molecule has 0 N–H and O–H groups in total. The Morgan fingerprint density at radius 1 is 1.05 bits per heavy atom. The van der Waals surface area contributed by atoms with Crippen LogP contribution in [0, 0.1) is 0 Å². The molecule has 122 valence electrons. The van der Waals surface area contributed by atoms with Gasteiger partial charge in [0.05, 0.1) is 5.57 Å². The number of ether oxygens (including phenoxy) is 1. The van der Waals surface area contributed by atoms with Gasteiger partial charge in [-0.25, -0.2) is 0 Å². The summed E-state index contributed by atoms with van der Waals surface area (Å²) >= 11 is 0. The number of rotatable bonds is 7. The van der Waals surface area contributed by atoms with E-state index in [4.69, 9.17) is 4.74 Å². The maximum absolute atomic E-state index is 13.3. The summed E-state index contributed by atoms with van der Waals surface area (Å²) in [5.74, 6) is 0.614. The van der Waals surface area contributed by atoms with Crippen LogP contribution in [0.15, 0.2) is 22.8 Å². The number of alkyl halides is 3. The van der Waals surface area contributed by atoms with E-state index in [2.05, 4.69) is 0 Å². The van der Waals surface area contributed by atoms with Crippen LogP contribution in [0.3, 0.4) is 0 Å². The lowest BCUT2D eigenvalue weighted by molar-refractivity contribution is -0.101. The second kappa shape index (κ2) is 7.76. The molecule has 1 heterocycles. The van der Waals surface area contributed by atoms with Crippen molar-refractivity contribution in [3.63, 3.8) is 0 Å². The molecule has 1 rings (SSSR count). The Bertz CT molecular complexity index is 402. The van der Waals surface area contributed by atoms with Crippen LogP contribution in [0.5, 0.6) is 0 Å². The molecule has 21 heavy (non-hydrogen) atoms. The normalized spacial score (nSPS) is 16.3. The zero-order valence-corrected chi connectivity index (χ0v) is 13.4. The van der Waals surface area contributed by atoms with Gasteiger partial charge in [0, 0.05) is 19.5 Å². The van der Waals surface area contributed by atoms with Crippen LogP contribution in [-0.4, -0.2) is 24.2 Å². The summed E-state index contributed by atoms with van der Waals surface area (Å²) < 4.78 is 45.5. The van der Waals surface area contributed by atoms with E-state index in [-0.39, 0.29) is 12.3 Å². The van der Waals surface area contributed by atoms with Crippen molar-refractivity contribution < 1.29 is 17.9 Å². The number of hydrogen-bond acceptors (Lipinski definition) is 2. The van der Waals surface area contributed by atoms with Crippen molar-refractivity contribution in [2.24, 2.45) is 0 Å². The predicted octanol–water partition coefficient (Wildman–Crippen LogP) is 5.38. The third-order valence-electron chi connectivity index (χ3n) is 3.74. The van der Waals surface area contributed by atoms with Crippen molar-refractivity contribution >= 4 is 0 Å². The summed E-state index contributed by atoms with van der Waals surface area (Å²) in [6.45, 7) is 8.72. The van der Waals surface area contributed by atoms with Gasteiger partial charge < -0.3 is 9.64 Å². The maximum atomic E-state index is 13.3. The monoisotopic (exact) mass is 305 g/mol. The van der Waals surface area contributed by atoms with Gasteiger partial charge in [0.15, 0.2) is 0 Å². The molecule has 0 aliphatic carbocycles. The highest BCUT2D eigenvalue weighted by Crippen LogP contribution is 2.39.